The Morgan fingerprint density at radius 3 is 3.00 bits per heavy atom. The summed E-state index contributed by atoms with van der Waals surface area (Å²) < 4.78 is 13.5. The molecule has 1 aromatic rings. The largest absolute Gasteiger partial charge is 0.391 e. The number of benzene rings is 1. The Labute approximate surface area is 98.8 Å². The molecule has 0 bridgehead atoms. The van der Waals surface area contributed by atoms with Crippen molar-refractivity contribution in [2.75, 3.05) is 11.4 Å². The zero-order valence-corrected chi connectivity index (χ0v) is 9.40. The fourth-order valence-electron chi connectivity index (χ4n) is 2.32. The van der Waals surface area contributed by atoms with Gasteiger partial charge in [0.15, 0.2) is 0 Å². The van der Waals surface area contributed by atoms with Crippen molar-refractivity contribution >= 4 is 11.6 Å². The highest BCUT2D eigenvalue weighted by Crippen LogP contribution is 2.30. The molecule has 0 radical (unpaired) electrons. The second kappa shape index (κ2) is 4.71. The molecule has 3 N–H and O–H groups in total. The van der Waals surface area contributed by atoms with Crippen LogP contribution in [0.5, 0.6) is 0 Å². The molecule has 1 saturated heterocycles. The van der Waals surface area contributed by atoms with Crippen molar-refractivity contribution in [3.05, 3.63) is 29.6 Å². The van der Waals surface area contributed by atoms with Crippen molar-refractivity contribution in [1.82, 2.24) is 0 Å². The summed E-state index contributed by atoms with van der Waals surface area (Å²) >= 11 is 0. The Hall–Kier alpha value is -1.62. The Balaban J connectivity index is 2.39. The van der Waals surface area contributed by atoms with Crippen LogP contribution >= 0.6 is 0 Å². The van der Waals surface area contributed by atoms with Gasteiger partial charge in [-0.05, 0) is 25.0 Å². The summed E-state index contributed by atoms with van der Waals surface area (Å²) in [6, 6.07) is 4.17. The number of hydrogen-bond donors (Lipinski definition) is 2. The van der Waals surface area contributed by atoms with Crippen LogP contribution in [0.15, 0.2) is 18.2 Å². The maximum absolute atomic E-state index is 13.5. The molecule has 1 heterocycles. The highest BCUT2D eigenvalue weighted by Gasteiger charge is 2.30. The van der Waals surface area contributed by atoms with Gasteiger partial charge in [-0.1, -0.05) is 6.07 Å². The molecule has 1 unspecified atom stereocenters. The standard InChI is InChI=1S/C12H15FN2O2/c13-9-3-1-4-10(8(9)7-16)15-6-2-5-11(15)12(14)17/h1,3-4,11,16H,2,5-7H2,(H2,14,17). The quantitative estimate of drug-likeness (QED) is 0.817. The minimum Gasteiger partial charge on any atom is -0.391 e. The number of aliphatic hydroxyl groups excluding tert-OH is 1. The molecule has 2 rings (SSSR count). The third-order valence-electron chi connectivity index (χ3n) is 3.14. The van der Waals surface area contributed by atoms with E-state index in [9.17, 15) is 14.3 Å². The normalized spacial score (nSPS) is 19.6. The van der Waals surface area contributed by atoms with Crippen molar-refractivity contribution < 1.29 is 14.3 Å². The molecular weight excluding hydrogens is 223 g/mol. The predicted molar refractivity (Wildman–Crippen MR) is 61.9 cm³/mol. The van der Waals surface area contributed by atoms with Crippen LogP contribution in [0, 0.1) is 5.82 Å². The number of nitrogens with zero attached hydrogens (tertiary/aromatic N) is 1. The van der Waals surface area contributed by atoms with E-state index in [1.54, 1.807) is 17.0 Å². The van der Waals surface area contributed by atoms with Gasteiger partial charge in [-0.15, -0.1) is 0 Å². The summed E-state index contributed by atoms with van der Waals surface area (Å²) in [5.74, 6) is -0.865. The molecule has 0 aliphatic carbocycles. The van der Waals surface area contributed by atoms with E-state index < -0.39 is 17.8 Å². The van der Waals surface area contributed by atoms with Crippen LogP contribution in [0.2, 0.25) is 0 Å². The zero-order chi connectivity index (χ0) is 12.4. The predicted octanol–water partition coefficient (Wildman–Crippen LogP) is 0.772. The third-order valence-corrected chi connectivity index (χ3v) is 3.14. The minimum atomic E-state index is -0.458. The molecule has 1 amide bonds. The van der Waals surface area contributed by atoms with Gasteiger partial charge >= 0.3 is 0 Å². The Kier molecular flexibility index (Phi) is 3.28. The minimum absolute atomic E-state index is 0.223. The molecule has 17 heavy (non-hydrogen) atoms. The topological polar surface area (TPSA) is 66.6 Å². The molecule has 1 aliphatic rings. The lowest BCUT2D eigenvalue weighted by molar-refractivity contribution is -0.119. The van der Waals surface area contributed by atoms with Crippen molar-refractivity contribution in [1.29, 1.82) is 0 Å². The van der Waals surface area contributed by atoms with Crippen LogP contribution in [-0.4, -0.2) is 23.6 Å². The smallest absolute Gasteiger partial charge is 0.240 e. The number of carbonyl (C=O) groups is 1. The monoisotopic (exact) mass is 238 g/mol. The number of anilines is 1. The van der Waals surface area contributed by atoms with Gasteiger partial charge in [0, 0.05) is 17.8 Å². The van der Waals surface area contributed by atoms with E-state index in [-0.39, 0.29) is 12.2 Å². The van der Waals surface area contributed by atoms with Gasteiger partial charge in [0.05, 0.1) is 6.61 Å². The van der Waals surface area contributed by atoms with Crippen molar-refractivity contribution in [2.45, 2.75) is 25.5 Å². The number of aliphatic hydroxyl groups is 1. The molecule has 92 valence electrons. The van der Waals surface area contributed by atoms with Gasteiger partial charge in [0.2, 0.25) is 5.91 Å². The van der Waals surface area contributed by atoms with Crippen molar-refractivity contribution in [3.63, 3.8) is 0 Å². The number of rotatable bonds is 3. The van der Waals surface area contributed by atoms with Gasteiger partial charge < -0.3 is 15.7 Å². The van der Waals surface area contributed by atoms with Gasteiger partial charge in [-0.3, -0.25) is 4.79 Å². The van der Waals surface area contributed by atoms with E-state index in [1.165, 1.54) is 6.07 Å². The lowest BCUT2D eigenvalue weighted by Crippen LogP contribution is -2.40. The second-order valence-corrected chi connectivity index (χ2v) is 4.15. The van der Waals surface area contributed by atoms with Gasteiger partial charge in [-0.2, -0.15) is 0 Å². The lowest BCUT2D eigenvalue weighted by atomic mass is 10.1. The van der Waals surface area contributed by atoms with Crippen LogP contribution in [0.25, 0.3) is 0 Å². The van der Waals surface area contributed by atoms with Crippen LogP contribution in [0.3, 0.4) is 0 Å². The molecule has 0 saturated carbocycles. The first-order chi connectivity index (χ1) is 8.15. The number of primary amides is 1. The SMILES string of the molecule is NC(=O)C1CCCN1c1cccc(F)c1CO. The zero-order valence-electron chi connectivity index (χ0n) is 9.40. The van der Waals surface area contributed by atoms with Crippen LogP contribution in [0.1, 0.15) is 18.4 Å². The summed E-state index contributed by atoms with van der Waals surface area (Å²) in [5.41, 5.74) is 6.10. The highest BCUT2D eigenvalue weighted by molar-refractivity contribution is 5.84. The van der Waals surface area contributed by atoms with Crippen LogP contribution in [-0.2, 0) is 11.4 Å². The first-order valence-electron chi connectivity index (χ1n) is 5.59. The summed E-state index contributed by atoms with van der Waals surface area (Å²) in [6.45, 7) is 0.272. The van der Waals surface area contributed by atoms with Crippen LogP contribution in [0.4, 0.5) is 10.1 Å². The molecular formula is C12H15FN2O2. The maximum Gasteiger partial charge on any atom is 0.240 e. The van der Waals surface area contributed by atoms with Crippen molar-refractivity contribution in [2.24, 2.45) is 5.73 Å². The molecule has 1 atom stereocenters. The average molecular weight is 238 g/mol. The molecule has 1 aromatic carbocycles. The van der Waals surface area contributed by atoms with E-state index in [4.69, 9.17) is 5.73 Å². The van der Waals surface area contributed by atoms with E-state index in [0.717, 1.165) is 6.42 Å². The first-order valence-corrected chi connectivity index (χ1v) is 5.59. The second-order valence-electron chi connectivity index (χ2n) is 4.15. The van der Waals surface area contributed by atoms with Gasteiger partial charge in [0.25, 0.3) is 0 Å². The number of amides is 1. The fraction of sp³-hybridized carbons (Fsp3) is 0.417. The highest BCUT2D eigenvalue weighted by atomic mass is 19.1. The maximum atomic E-state index is 13.5. The van der Waals surface area contributed by atoms with Gasteiger partial charge in [-0.25, -0.2) is 4.39 Å². The van der Waals surface area contributed by atoms with E-state index >= 15 is 0 Å². The van der Waals surface area contributed by atoms with E-state index in [2.05, 4.69) is 0 Å². The fourth-order valence-corrected chi connectivity index (χ4v) is 2.32. The Bertz CT molecular complexity index is 437. The average Bonchev–Trinajstić information content (AvgIpc) is 2.77. The molecule has 0 aromatic heterocycles. The van der Waals surface area contributed by atoms with Crippen molar-refractivity contribution in [3.8, 4) is 0 Å². The summed E-state index contributed by atoms with van der Waals surface area (Å²) in [4.78, 5) is 13.1. The third kappa shape index (κ3) is 2.10. The molecule has 0 spiro atoms. The van der Waals surface area contributed by atoms with E-state index in [0.29, 0.717) is 18.7 Å². The number of halogens is 1. The first kappa shape index (κ1) is 11.9. The lowest BCUT2D eigenvalue weighted by Gasteiger charge is -2.26. The van der Waals surface area contributed by atoms with Gasteiger partial charge in [0.1, 0.15) is 11.9 Å². The van der Waals surface area contributed by atoms with E-state index in [1.807, 2.05) is 0 Å². The Morgan fingerprint density at radius 1 is 1.59 bits per heavy atom. The Morgan fingerprint density at radius 2 is 2.35 bits per heavy atom. The summed E-state index contributed by atoms with van der Waals surface area (Å²) in [5, 5.41) is 9.20. The number of nitrogens with two attached hydrogens (primary N) is 1. The summed E-state index contributed by atoms with van der Waals surface area (Å²) in [7, 11) is 0. The summed E-state index contributed by atoms with van der Waals surface area (Å²) in [6.07, 6.45) is 1.52. The molecule has 1 fully saturated rings. The number of hydrogen-bond acceptors (Lipinski definition) is 3. The molecule has 1 aliphatic heterocycles. The molecule has 5 heteroatoms. The molecule has 4 nitrogen and oxygen atoms in total. The number of carbonyl (C=O) groups excluding carboxylic acids is 1. The van der Waals surface area contributed by atoms with Crippen LogP contribution < -0.4 is 10.6 Å².